The van der Waals surface area contributed by atoms with Gasteiger partial charge in [-0.1, -0.05) is 0 Å². The molecule has 0 atom stereocenters. The molecule has 0 saturated carbocycles. The van der Waals surface area contributed by atoms with Gasteiger partial charge in [0.15, 0.2) is 5.65 Å². The number of nitrogens with two attached hydrogens (primary N) is 1. The predicted molar refractivity (Wildman–Crippen MR) is 53.6 cm³/mol. The van der Waals surface area contributed by atoms with Crippen LogP contribution in [0.1, 0.15) is 12.8 Å². The van der Waals surface area contributed by atoms with Crippen LogP contribution in [0.5, 0.6) is 0 Å². The van der Waals surface area contributed by atoms with E-state index < -0.39 is 0 Å². The van der Waals surface area contributed by atoms with Crippen LogP contribution in [-0.2, 0) is 6.54 Å². The Hall–Kier alpha value is -1.49. The molecule has 0 aromatic carbocycles. The second-order valence-electron chi connectivity index (χ2n) is 3.17. The van der Waals surface area contributed by atoms with Gasteiger partial charge in [0.2, 0.25) is 0 Å². The Morgan fingerprint density at radius 1 is 1.29 bits per heavy atom. The highest BCUT2D eigenvalue weighted by Gasteiger charge is 2.01. The molecule has 0 amide bonds. The maximum atomic E-state index is 5.43. The lowest BCUT2D eigenvalue weighted by Gasteiger charge is -2.01. The molecule has 0 saturated heterocycles. The maximum absolute atomic E-state index is 5.43. The molecule has 2 aromatic heterocycles. The van der Waals surface area contributed by atoms with Gasteiger partial charge in [0.1, 0.15) is 11.8 Å². The topological polar surface area (TPSA) is 69.6 Å². The van der Waals surface area contributed by atoms with Crippen LogP contribution < -0.4 is 5.73 Å². The van der Waals surface area contributed by atoms with Crippen molar-refractivity contribution in [3.8, 4) is 0 Å². The molecular weight excluding hydrogens is 178 g/mol. The second kappa shape index (κ2) is 4.15. The third kappa shape index (κ3) is 1.72. The molecule has 5 heteroatoms. The minimum absolute atomic E-state index is 0.738. The molecule has 0 radical (unpaired) electrons. The summed E-state index contributed by atoms with van der Waals surface area (Å²) in [5, 5.41) is 0. The fourth-order valence-corrected chi connectivity index (χ4v) is 1.40. The average molecular weight is 191 g/mol. The lowest BCUT2D eigenvalue weighted by Crippen LogP contribution is -2.02. The van der Waals surface area contributed by atoms with Crippen molar-refractivity contribution in [3.63, 3.8) is 0 Å². The number of hydrogen-bond acceptors (Lipinski definition) is 4. The molecule has 2 rings (SSSR count). The second-order valence-corrected chi connectivity index (χ2v) is 3.17. The van der Waals surface area contributed by atoms with Crippen LogP contribution in [0.15, 0.2) is 18.9 Å². The van der Waals surface area contributed by atoms with E-state index in [1.807, 2.05) is 4.57 Å². The molecule has 0 unspecified atom stereocenters. The molecule has 0 aliphatic carbocycles. The summed E-state index contributed by atoms with van der Waals surface area (Å²) in [4.78, 5) is 12.3. The molecule has 0 aliphatic rings. The molecule has 0 spiro atoms. The highest BCUT2D eigenvalue weighted by molar-refractivity contribution is 5.68. The van der Waals surface area contributed by atoms with Crippen LogP contribution in [0.25, 0.3) is 11.2 Å². The van der Waals surface area contributed by atoms with Gasteiger partial charge in [-0.05, 0) is 19.4 Å². The van der Waals surface area contributed by atoms with E-state index in [1.54, 1.807) is 18.9 Å². The standard InChI is InChI=1S/C9H13N5/c10-3-1-2-4-14-7-13-8-5-11-6-12-9(8)14/h5-7H,1-4,10H2. The van der Waals surface area contributed by atoms with Crippen molar-refractivity contribution in [3.05, 3.63) is 18.9 Å². The number of aryl methyl sites for hydroxylation is 1. The first-order valence-corrected chi connectivity index (χ1v) is 4.72. The van der Waals surface area contributed by atoms with Crippen LogP contribution in [0.3, 0.4) is 0 Å². The number of aromatic nitrogens is 4. The first-order valence-electron chi connectivity index (χ1n) is 4.72. The molecule has 74 valence electrons. The summed E-state index contributed by atoms with van der Waals surface area (Å²) in [6, 6.07) is 0. The van der Waals surface area contributed by atoms with E-state index in [1.165, 1.54) is 0 Å². The molecule has 0 fully saturated rings. The Bertz CT molecular complexity index is 408. The monoisotopic (exact) mass is 191 g/mol. The lowest BCUT2D eigenvalue weighted by atomic mass is 10.3. The average Bonchev–Trinajstić information content (AvgIpc) is 2.63. The normalized spacial score (nSPS) is 10.9. The summed E-state index contributed by atoms with van der Waals surface area (Å²) in [5.74, 6) is 0. The van der Waals surface area contributed by atoms with Crippen molar-refractivity contribution in [1.29, 1.82) is 0 Å². The van der Waals surface area contributed by atoms with Crippen LogP contribution in [0.4, 0.5) is 0 Å². The first-order chi connectivity index (χ1) is 6.92. The van der Waals surface area contributed by atoms with Gasteiger partial charge in [-0.3, -0.25) is 0 Å². The first kappa shape index (κ1) is 9.08. The van der Waals surface area contributed by atoms with Crippen molar-refractivity contribution < 1.29 is 0 Å². The van der Waals surface area contributed by atoms with Gasteiger partial charge in [0.25, 0.3) is 0 Å². The van der Waals surface area contributed by atoms with Gasteiger partial charge < -0.3 is 10.3 Å². The number of imidazole rings is 1. The van der Waals surface area contributed by atoms with E-state index in [4.69, 9.17) is 5.73 Å². The summed E-state index contributed by atoms with van der Waals surface area (Å²) in [6.07, 6.45) is 7.16. The van der Waals surface area contributed by atoms with Crippen molar-refractivity contribution in [1.82, 2.24) is 19.5 Å². The van der Waals surface area contributed by atoms with E-state index in [2.05, 4.69) is 15.0 Å². The van der Waals surface area contributed by atoms with Crippen LogP contribution in [0.2, 0.25) is 0 Å². The summed E-state index contributed by atoms with van der Waals surface area (Å²) < 4.78 is 2.03. The van der Waals surface area contributed by atoms with Crippen molar-refractivity contribution in [2.24, 2.45) is 5.73 Å². The number of nitrogens with zero attached hydrogens (tertiary/aromatic N) is 4. The smallest absolute Gasteiger partial charge is 0.163 e. The molecule has 2 heterocycles. The highest BCUT2D eigenvalue weighted by atomic mass is 15.1. The number of fused-ring (bicyclic) bond motifs is 1. The van der Waals surface area contributed by atoms with Gasteiger partial charge >= 0.3 is 0 Å². The summed E-state index contributed by atoms with van der Waals surface area (Å²) >= 11 is 0. The number of hydrogen-bond donors (Lipinski definition) is 1. The number of unbranched alkanes of at least 4 members (excludes halogenated alkanes) is 1. The van der Waals surface area contributed by atoms with E-state index in [0.29, 0.717) is 0 Å². The van der Waals surface area contributed by atoms with E-state index in [0.717, 1.165) is 37.1 Å². The Balaban J connectivity index is 2.17. The third-order valence-electron chi connectivity index (χ3n) is 2.13. The fraction of sp³-hybridized carbons (Fsp3) is 0.444. The highest BCUT2D eigenvalue weighted by Crippen LogP contribution is 2.07. The van der Waals surface area contributed by atoms with Gasteiger partial charge in [-0.15, -0.1) is 0 Å². The molecule has 2 N–H and O–H groups in total. The van der Waals surface area contributed by atoms with E-state index in [-0.39, 0.29) is 0 Å². The predicted octanol–water partition coefficient (Wildman–Crippen LogP) is 0.565. The van der Waals surface area contributed by atoms with E-state index in [9.17, 15) is 0 Å². The number of rotatable bonds is 4. The zero-order chi connectivity index (χ0) is 9.80. The quantitative estimate of drug-likeness (QED) is 0.717. The van der Waals surface area contributed by atoms with Crippen LogP contribution >= 0.6 is 0 Å². The van der Waals surface area contributed by atoms with Crippen molar-refractivity contribution >= 4 is 11.2 Å². The van der Waals surface area contributed by atoms with Gasteiger partial charge in [-0.25, -0.2) is 15.0 Å². The zero-order valence-corrected chi connectivity index (χ0v) is 7.93. The van der Waals surface area contributed by atoms with Gasteiger partial charge in [-0.2, -0.15) is 0 Å². The minimum Gasteiger partial charge on any atom is -0.330 e. The molecule has 0 aliphatic heterocycles. The SMILES string of the molecule is NCCCCn1cnc2cncnc21. The van der Waals surface area contributed by atoms with Crippen molar-refractivity contribution in [2.45, 2.75) is 19.4 Å². The molecule has 5 nitrogen and oxygen atoms in total. The summed E-state index contributed by atoms with van der Waals surface area (Å²) in [6.45, 7) is 1.66. The Morgan fingerprint density at radius 2 is 2.21 bits per heavy atom. The van der Waals surface area contributed by atoms with Crippen LogP contribution in [-0.4, -0.2) is 26.1 Å². The van der Waals surface area contributed by atoms with Gasteiger partial charge in [0, 0.05) is 6.54 Å². The Labute approximate surface area is 82.0 Å². The lowest BCUT2D eigenvalue weighted by molar-refractivity contribution is 0.623. The van der Waals surface area contributed by atoms with E-state index >= 15 is 0 Å². The Kier molecular flexibility index (Phi) is 2.69. The zero-order valence-electron chi connectivity index (χ0n) is 7.93. The third-order valence-corrected chi connectivity index (χ3v) is 2.13. The fourth-order valence-electron chi connectivity index (χ4n) is 1.40. The molecule has 14 heavy (non-hydrogen) atoms. The summed E-state index contributed by atoms with van der Waals surface area (Å²) in [5.41, 5.74) is 7.18. The minimum atomic E-state index is 0.738. The molecule has 2 aromatic rings. The maximum Gasteiger partial charge on any atom is 0.163 e. The Morgan fingerprint density at radius 3 is 3.07 bits per heavy atom. The molecule has 0 bridgehead atoms. The molecular formula is C9H13N5. The van der Waals surface area contributed by atoms with Crippen LogP contribution in [0, 0.1) is 0 Å². The van der Waals surface area contributed by atoms with Gasteiger partial charge in [0.05, 0.1) is 12.5 Å². The summed E-state index contributed by atoms with van der Waals surface area (Å²) in [7, 11) is 0. The largest absolute Gasteiger partial charge is 0.330 e. The van der Waals surface area contributed by atoms with Crippen molar-refractivity contribution in [2.75, 3.05) is 6.54 Å².